The summed E-state index contributed by atoms with van der Waals surface area (Å²) in [5.41, 5.74) is 0.957. The zero-order valence-electron chi connectivity index (χ0n) is 10.7. The van der Waals surface area contributed by atoms with Crippen molar-refractivity contribution >= 4 is 23.0 Å². The normalized spacial score (nSPS) is 15.4. The molecule has 0 aliphatic heterocycles. The summed E-state index contributed by atoms with van der Waals surface area (Å²) in [4.78, 5) is 0. The SMILES string of the molecule is COc1cccc(NC(=S)NCC2CCCC2)c1. The Hall–Kier alpha value is -1.29. The standard InChI is InChI=1S/C14H20N2OS/c1-17-13-8-4-7-12(9-13)16-14(18)15-10-11-5-2-3-6-11/h4,7-9,11H,2-3,5-6,10H2,1H3,(H2,15,16,18). The number of hydrogen-bond acceptors (Lipinski definition) is 2. The van der Waals surface area contributed by atoms with E-state index in [0.717, 1.165) is 23.9 Å². The van der Waals surface area contributed by atoms with Crippen molar-refractivity contribution in [1.82, 2.24) is 5.32 Å². The largest absolute Gasteiger partial charge is 0.497 e. The van der Waals surface area contributed by atoms with Crippen molar-refractivity contribution in [3.8, 4) is 5.75 Å². The summed E-state index contributed by atoms with van der Waals surface area (Å²) in [7, 11) is 1.66. The van der Waals surface area contributed by atoms with Gasteiger partial charge in [0.1, 0.15) is 5.75 Å². The van der Waals surface area contributed by atoms with E-state index >= 15 is 0 Å². The highest BCUT2D eigenvalue weighted by Crippen LogP contribution is 2.23. The van der Waals surface area contributed by atoms with Crippen LogP contribution in [0.1, 0.15) is 25.7 Å². The Labute approximate surface area is 114 Å². The van der Waals surface area contributed by atoms with Crippen LogP contribution in [0.5, 0.6) is 5.75 Å². The van der Waals surface area contributed by atoms with Gasteiger partial charge < -0.3 is 15.4 Å². The van der Waals surface area contributed by atoms with Gasteiger partial charge in [-0.25, -0.2) is 0 Å². The average Bonchev–Trinajstić information content (AvgIpc) is 2.90. The molecule has 0 amide bonds. The molecule has 0 heterocycles. The number of nitrogens with one attached hydrogen (secondary N) is 2. The molecule has 1 aromatic rings. The highest BCUT2D eigenvalue weighted by atomic mass is 32.1. The van der Waals surface area contributed by atoms with Crippen LogP contribution in [0.25, 0.3) is 0 Å². The first kappa shape index (κ1) is 13.1. The second-order valence-electron chi connectivity index (χ2n) is 4.72. The number of ether oxygens (including phenoxy) is 1. The van der Waals surface area contributed by atoms with Gasteiger partial charge in [-0.2, -0.15) is 0 Å². The number of rotatable bonds is 4. The molecule has 0 atom stereocenters. The summed E-state index contributed by atoms with van der Waals surface area (Å²) in [6.07, 6.45) is 5.38. The van der Waals surface area contributed by atoms with Gasteiger partial charge in [-0.15, -0.1) is 0 Å². The maximum absolute atomic E-state index is 5.29. The molecule has 0 aromatic heterocycles. The fraction of sp³-hybridized carbons (Fsp3) is 0.500. The fourth-order valence-electron chi connectivity index (χ4n) is 2.33. The summed E-state index contributed by atoms with van der Waals surface area (Å²) < 4.78 is 5.17. The molecule has 0 unspecified atom stereocenters. The fourth-order valence-corrected chi connectivity index (χ4v) is 2.53. The van der Waals surface area contributed by atoms with Gasteiger partial charge in [0.2, 0.25) is 0 Å². The van der Waals surface area contributed by atoms with Crippen molar-refractivity contribution in [3.05, 3.63) is 24.3 Å². The Morgan fingerprint density at radius 1 is 1.39 bits per heavy atom. The van der Waals surface area contributed by atoms with Gasteiger partial charge in [0.15, 0.2) is 5.11 Å². The lowest BCUT2D eigenvalue weighted by Crippen LogP contribution is -2.32. The van der Waals surface area contributed by atoms with Gasteiger partial charge >= 0.3 is 0 Å². The minimum Gasteiger partial charge on any atom is -0.497 e. The van der Waals surface area contributed by atoms with Gasteiger partial charge in [-0.1, -0.05) is 18.9 Å². The van der Waals surface area contributed by atoms with E-state index in [2.05, 4.69) is 10.6 Å². The third-order valence-electron chi connectivity index (χ3n) is 3.35. The van der Waals surface area contributed by atoms with Crippen LogP contribution in [0, 0.1) is 5.92 Å². The Morgan fingerprint density at radius 2 is 2.17 bits per heavy atom. The quantitative estimate of drug-likeness (QED) is 0.818. The van der Waals surface area contributed by atoms with Crippen LogP contribution < -0.4 is 15.4 Å². The minimum atomic E-state index is 0.690. The molecule has 0 spiro atoms. The van der Waals surface area contributed by atoms with Gasteiger partial charge in [0.25, 0.3) is 0 Å². The van der Waals surface area contributed by atoms with Crippen LogP contribution in [0.15, 0.2) is 24.3 Å². The number of methoxy groups -OCH3 is 1. The maximum Gasteiger partial charge on any atom is 0.170 e. The molecule has 18 heavy (non-hydrogen) atoms. The Balaban J connectivity index is 1.78. The molecular weight excluding hydrogens is 244 g/mol. The maximum atomic E-state index is 5.29. The minimum absolute atomic E-state index is 0.690. The van der Waals surface area contributed by atoms with Gasteiger partial charge in [0.05, 0.1) is 7.11 Å². The third kappa shape index (κ3) is 3.88. The highest BCUT2D eigenvalue weighted by molar-refractivity contribution is 7.80. The molecule has 98 valence electrons. The molecule has 0 radical (unpaired) electrons. The topological polar surface area (TPSA) is 33.3 Å². The second-order valence-corrected chi connectivity index (χ2v) is 5.13. The van der Waals surface area contributed by atoms with E-state index in [1.54, 1.807) is 7.11 Å². The zero-order valence-corrected chi connectivity index (χ0v) is 11.6. The van der Waals surface area contributed by atoms with Crippen molar-refractivity contribution in [2.45, 2.75) is 25.7 Å². The van der Waals surface area contributed by atoms with Crippen LogP contribution in [-0.2, 0) is 0 Å². The molecule has 0 saturated heterocycles. The lowest BCUT2D eigenvalue weighted by Gasteiger charge is -2.14. The first-order chi connectivity index (χ1) is 8.78. The Kier molecular flexibility index (Phi) is 4.81. The Bertz CT molecular complexity index is 403. The first-order valence-electron chi connectivity index (χ1n) is 6.47. The summed E-state index contributed by atoms with van der Waals surface area (Å²) >= 11 is 5.29. The summed E-state index contributed by atoms with van der Waals surface area (Å²) in [5.74, 6) is 1.62. The average molecular weight is 264 g/mol. The van der Waals surface area contributed by atoms with E-state index in [1.807, 2.05) is 24.3 Å². The number of benzene rings is 1. The number of thiocarbonyl (C=S) groups is 1. The van der Waals surface area contributed by atoms with E-state index in [0.29, 0.717) is 5.11 Å². The van der Waals surface area contributed by atoms with Crippen LogP contribution in [0.2, 0.25) is 0 Å². The molecule has 1 aromatic carbocycles. The van der Waals surface area contributed by atoms with E-state index in [-0.39, 0.29) is 0 Å². The summed E-state index contributed by atoms with van der Waals surface area (Å²) in [6.45, 7) is 0.982. The molecule has 2 rings (SSSR count). The molecule has 0 bridgehead atoms. The molecule has 2 N–H and O–H groups in total. The number of anilines is 1. The molecule has 1 aliphatic rings. The van der Waals surface area contributed by atoms with Gasteiger partial charge in [-0.05, 0) is 43.1 Å². The highest BCUT2D eigenvalue weighted by Gasteiger charge is 2.14. The van der Waals surface area contributed by atoms with Crippen molar-refractivity contribution < 1.29 is 4.74 Å². The lowest BCUT2D eigenvalue weighted by molar-refractivity contribution is 0.415. The predicted molar refractivity (Wildman–Crippen MR) is 79.2 cm³/mol. The first-order valence-corrected chi connectivity index (χ1v) is 6.87. The third-order valence-corrected chi connectivity index (χ3v) is 3.60. The van der Waals surface area contributed by atoms with E-state index in [4.69, 9.17) is 17.0 Å². The molecular formula is C14H20N2OS. The summed E-state index contributed by atoms with van der Waals surface area (Å²) in [6, 6.07) is 7.77. The molecule has 3 nitrogen and oxygen atoms in total. The number of hydrogen-bond donors (Lipinski definition) is 2. The van der Waals surface area contributed by atoms with Crippen LogP contribution >= 0.6 is 12.2 Å². The van der Waals surface area contributed by atoms with Crippen LogP contribution in [0.4, 0.5) is 5.69 Å². The van der Waals surface area contributed by atoms with Gasteiger partial charge in [0, 0.05) is 18.3 Å². The smallest absolute Gasteiger partial charge is 0.170 e. The van der Waals surface area contributed by atoms with Crippen molar-refractivity contribution in [1.29, 1.82) is 0 Å². The van der Waals surface area contributed by atoms with E-state index < -0.39 is 0 Å². The van der Waals surface area contributed by atoms with E-state index in [1.165, 1.54) is 25.7 Å². The van der Waals surface area contributed by atoms with Crippen molar-refractivity contribution in [3.63, 3.8) is 0 Å². The Morgan fingerprint density at radius 3 is 2.89 bits per heavy atom. The van der Waals surface area contributed by atoms with Crippen molar-refractivity contribution in [2.75, 3.05) is 19.0 Å². The van der Waals surface area contributed by atoms with Crippen molar-refractivity contribution in [2.24, 2.45) is 5.92 Å². The summed E-state index contributed by atoms with van der Waals surface area (Å²) in [5, 5.41) is 7.16. The molecule has 4 heteroatoms. The van der Waals surface area contributed by atoms with Crippen LogP contribution in [-0.4, -0.2) is 18.8 Å². The molecule has 1 aliphatic carbocycles. The predicted octanol–water partition coefficient (Wildman–Crippen LogP) is 3.17. The molecule has 1 fully saturated rings. The second kappa shape index (κ2) is 6.59. The lowest BCUT2D eigenvalue weighted by atomic mass is 10.1. The zero-order chi connectivity index (χ0) is 12.8. The van der Waals surface area contributed by atoms with Crippen LogP contribution in [0.3, 0.4) is 0 Å². The van der Waals surface area contributed by atoms with E-state index in [9.17, 15) is 0 Å². The van der Waals surface area contributed by atoms with Gasteiger partial charge in [-0.3, -0.25) is 0 Å². The monoisotopic (exact) mass is 264 g/mol. The molecule has 1 saturated carbocycles.